The van der Waals surface area contributed by atoms with Gasteiger partial charge in [-0.15, -0.1) is 5.10 Å². The van der Waals surface area contributed by atoms with Crippen molar-refractivity contribution >= 4 is 5.91 Å². The summed E-state index contributed by atoms with van der Waals surface area (Å²) in [4.78, 5) is 14.9. The van der Waals surface area contributed by atoms with Crippen molar-refractivity contribution in [3.63, 3.8) is 0 Å². The van der Waals surface area contributed by atoms with Gasteiger partial charge in [-0.25, -0.2) is 4.68 Å². The molecule has 0 saturated carbocycles. The number of carbonyl (C=O) groups excluding carboxylic acids is 1. The van der Waals surface area contributed by atoms with Gasteiger partial charge in [0.2, 0.25) is 5.91 Å². The number of nitrogens with one attached hydrogen (secondary N) is 1. The number of piperidine rings is 1. The number of hydrogen-bond acceptors (Lipinski definition) is 5. The molecule has 1 aromatic heterocycles. The fourth-order valence-corrected chi connectivity index (χ4v) is 3.85. The Morgan fingerprint density at radius 3 is 2.92 bits per heavy atom. The van der Waals surface area contributed by atoms with Crippen LogP contribution >= 0.6 is 0 Å². The summed E-state index contributed by atoms with van der Waals surface area (Å²) in [6.45, 7) is 2.73. The molecule has 0 spiro atoms. The van der Waals surface area contributed by atoms with Gasteiger partial charge in [0.25, 0.3) is 0 Å². The molecule has 0 radical (unpaired) electrons. The molecule has 7 heteroatoms. The Labute approximate surface area is 153 Å². The quantitative estimate of drug-likeness (QED) is 0.898. The Bertz CT molecular complexity index is 767. The first-order valence-electron chi connectivity index (χ1n) is 9.29. The highest BCUT2D eigenvalue weighted by molar-refractivity contribution is 5.80. The third kappa shape index (κ3) is 3.44. The van der Waals surface area contributed by atoms with E-state index in [-0.39, 0.29) is 11.8 Å². The third-order valence-electron chi connectivity index (χ3n) is 5.29. The molecule has 1 atom stereocenters. The van der Waals surface area contributed by atoms with Crippen LogP contribution in [-0.4, -0.2) is 52.5 Å². The second-order valence-corrected chi connectivity index (χ2v) is 7.10. The van der Waals surface area contributed by atoms with E-state index in [0.717, 1.165) is 55.9 Å². The van der Waals surface area contributed by atoms with E-state index < -0.39 is 0 Å². The molecule has 2 aromatic rings. The summed E-state index contributed by atoms with van der Waals surface area (Å²) >= 11 is 0. The van der Waals surface area contributed by atoms with Crippen LogP contribution in [0.1, 0.15) is 30.1 Å². The van der Waals surface area contributed by atoms with Crippen LogP contribution < -0.4 is 10.1 Å². The van der Waals surface area contributed by atoms with Gasteiger partial charge >= 0.3 is 0 Å². The molecule has 0 bridgehead atoms. The third-order valence-corrected chi connectivity index (χ3v) is 5.29. The summed E-state index contributed by atoms with van der Waals surface area (Å²) in [5.41, 5.74) is 2.08. The van der Waals surface area contributed by atoms with Crippen LogP contribution in [-0.2, 0) is 17.8 Å². The standard InChI is InChI=1S/C19H25N5O2/c1-20-11-16-12-24(22-21-16)17-6-8-23(9-7-17)19(25)15-10-14-4-2-3-5-18(14)26-13-15/h2-5,12,15,17,20H,6-11,13H2,1H3. The van der Waals surface area contributed by atoms with Gasteiger partial charge < -0.3 is 15.0 Å². The average molecular weight is 355 g/mol. The lowest BCUT2D eigenvalue weighted by molar-refractivity contribution is -0.138. The molecule has 1 amide bonds. The van der Waals surface area contributed by atoms with Crippen LogP contribution in [0.2, 0.25) is 0 Å². The molecule has 2 aliphatic heterocycles. The van der Waals surface area contributed by atoms with Gasteiger partial charge in [0.1, 0.15) is 12.4 Å². The van der Waals surface area contributed by atoms with E-state index in [4.69, 9.17) is 4.74 Å². The largest absolute Gasteiger partial charge is 0.492 e. The van der Waals surface area contributed by atoms with Crippen molar-refractivity contribution in [2.75, 3.05) is 26.7 Å². The first kappa shape index (κ1) is 17.0. The number of hydrogen-bond donors (Lipinski definition) is 1. The minimum absolute atomic E-state index is 0.0740. The van der Waals surface area contributed by atoms with Gasteiger partial charge in [-0.1, -0.05) is 23.4 Å². The first-order chi connectivity index (χ1) is 12.7. The zero-order valence-electron chi connectivity index (χ0n) is 15.1. The highest BCUT2D eigenvalue weighted by atomic mass is 16.5. The van der Waals surface area contributed by atoms with Gasteiger partial charge in [0.05, 0.1) is 23.9 Å². The molecule has 1 unspecified atom stereocenters. The molecule has 26 heavy (non-hydrogen) atoms. The Kier molecular flexibility index (Phi) is 4.88. The minimum Gasteiger partial charge on any atom is -0.492 e. The van der Waals surface area contributed by atoms with Crippen molar-refractivity contribution in [1.29, 1.82) is 0 Å². The van der Waals surface area contributed by atoms with Crippen molar-refractivity contribution < 1.29 is 9.53 Å². The number of benzene rings is 1. The first-order valence-corrected chi connectivity index (χ1v) is 9.29. The van der Waals surface area contributed by atoms with Crippen molar-refractivity contribution in [3.8, 4) is 5.75 Å². The number of para-hydroxylation sites is 1. The van der Waals surface area contributed by atoms with Crippen molar-refractivity contribution in [3.05, 3.63) is 41.7 Å². The molecule has 2 aliphatic rings. The maximum atomic E-state index is 12.9. The smallest absolute Gasteiger partial charge is 0.229 e. The molecule has 1 N–H and O–H groups in total. The van der Waals surface area contributed by atoms with E-state index in [9.17, 15) is 4.79 Å². The molecule has 1 fully saturated rings. The van der Waals surface area contributed by atoms with Crippen LogP contribution in [0.3, 0.4) is 0 Å². The molecular weight excluding hydrogens is 330 g/mol. The number of likely N-dealkylation sites (tertiary alicyclic amines) is 1. The molecule has 7 nitrogen and oxygen atoms in total. The normalized spacial score (nSPS) is 20.5. The maximum absolute atomic E-state index is 12.9. The lowest BCUT2D eigenvalue weighted by atomic mass is 9.94. The van der Waals surface area contributed by atoms with Crippen molar-refractivity contribution in [2.45, 2.75) is 31.8 Å². The predicted molar refractivity (Wildman–Crippen MR) is 96.8 cm³/mol. The number of aromatic nitrogens is 3. The summed E-state index contributed by atoms with van der Waals surface area (Å²) in [7, 11) is 1.90. The molecule has 1 saturated heterocycles. The molecule has 4 rings (SSSR count). The Morgan fingerprint density at radius 1 is 1.31 bits per heavy atom. The number of carbonyl (C=O) groups is 1. The van der Waals surface area contributed by atoms with E-state index in [2.05, 4.69) is 21.7 Å². The van der Waals surface area contributed by atoms with E-state index in [1.807, 2.05) is 41.0 Å². The van der Waals surface area contributed by atoms with Gasteiger partial charge in [-0.2, -0.15) is 0 Å². The SMILES string of the molecule is CNCc1cn(C2CCN(C(=O)C3COc4ccccc4C3)CC2)nn1. The van der Waals surface area contributed by atoms with Crippen LogP contribution in [0.15, 0.2) is 30.5 Å². The second kappa shape index (κ2) is 7.45. The fourth-order valence-electron chi connectivity index (χ4n) is 3.85. The highest BCUT2D eigenvalue weighted by Crippen LogP contribution is 2.29. The molecule has 0 aliphatic carbocycles. The second-order valence-electron chi connectivity index (χ2n) is 7.10. The van der Waals surface area contributed by atoms with Gasteiger partial charge in [-0.3, -0.25) is 4.79 Å². The number of ether oxygens (including phenoxy) is 1. The summed E-state index contributed by atoms with van der Waals surface area (Å²) in [6.07, 6.45) is 4.60. The van der Waals surface area contributed by atoms with E-state index in [1.54, 1.807) is 0 Å². The van der Waals surface area contributed by atoms with Gasteiger partial charge in [-0.05, 0) is 37.9 Å². The minimum atomic E-state index is -0.0740. The topological polar surface area (TPSA) is 72.3 Å². The summed E-state index contributed by atoms with van der Waals surface area (Å²) in [5, 5.41) is 11.5. The lowest BCUT2D eigenvalue weighted by Crippen LogP contribution is -2.45. The monoisotopic (exact) mass is 355 g/mol. The predicted octanol–water partition coefficient (Wildman–Crippen LogP) is 1.41. The molecule has 138 valence electrons. The Balaban J connectivity index is 1.33. The van der Waals surface area contributed by atoms with Crippen molar-refractivity contribution in [1.82, 2.24) is 25.2 Å². The zero-order chi connectivity index (χ0) is 17.9. The van der Waals surface area contributed by atoms with Crippen LogP contribution in [0.25, 0.3) is 0 Å². The average Bonchev–Trinajstić information content (AvgIpc) is 3.16. The van der Waals surface area contributed by atoms with Gasteiger partial charge in [0.15, 0.2) is 0 Å². The van der Waals surface area contributed by atoms with Crippen LogP contribution in [0.4, 0.5) is 0 Å². The van der Waals surface area contributed by atoms with E-state index >= 15 is 0 Å². The number of rotatable bonds is 4. The number of amides is 1. The summed E-state index contributed by atoms with van der Waals surface area (Å²) in [5.74, 6) is 1.06. The van der Waals surface area contributed by atoms with E-state index in [1.165, 1.54) is 0 Å². The van der Waals surface area contributed by atoms with E-state index in [0.29, 0.717) is 12.6 Å². The van der Waals surface area contributed by atoms with Crippen LogP contribution in [0.5, 0.6) is 5.75 Å². The molecule has 3 heterocycles. The summed E-state index contributed by atoms with van der Waals surface area (Å²) in [6, 6.07) is 8.32. The maximum Gasteiger partial charge on any atom is 0.229 e. The molecular formula is C19H25N5O2. The molecule has 1 aromatic carbocycles. The Morgan fingerprint density at radius 2 is 2.12 bits per heavy atom. The fraction of sp³-hybridized carbons (Fsp3) is 0.526. The number of fused-ring (bicyclic) bond motifs is 1. The number of nitrogens with zero attached hydrogens (tertiary/aromatic N) is 4. The Hall–Kier alpha value is -2.41. The van der Waals surface area contributed by atoms with Gasteiger partial charge in [0, 0.05) is 19.6 Å². The summed E-state index contributed by atoms with van der Waals surface area (Å²) < 4.78 is 7.74. The highest BCUT2D eigenvalue weighted by Gasteiger charge is 2.32. The lowest BCUT2D eigenvalue weighted by Gasteiger charge is -2.35. The van der Waals surface area contributed by atoms with Crippen molar-refractivity contribution in [2.24, 2.45) is 5.92 Å². The van der Waals surface area contributed by atoms with Crippen LogP contribution in [0, 0.1) is 5.92 Å². The zero-order valence-corrected chi connectivity index (χ0v) is 15.1.